The summed E-state index contributed by atoms with van der Waals surface area (Å²) in [6.07, 6.45) is 2.94. The summed E-state index contributed by atoms with van der Waals surface area (Å²) >= 11 is 2.07. The number of rotatable bonds is 0. The number of halogens is 5. The SMILES string of the molecule is Fc1ccc2cc(I)cnc2c1F.Fc1ccc2cccnc2c1F. The molecule has 0 aliphatic heterocycles. The third-order valence-electron chi connectivity index (χ3n) is 3.38. The molecule has 2 aromatic heterocycles. The Balaban J connectivity index is 0.000000146. The van der Waals surface area contributed by atoms with Gasteiger partial charge in [-0.3, -0.25) is 9.97 Å². The molecular formula is C18H9F4IN2. The van der Waals surface area contributed by atoms with Crippen molar-refractivity contribution in [1.29, 1.82) is 0 Å². The number of hydrogen-bond acceptors (Lipinski definition) is 2. The molecule has 0 radical (unpaired) electrons. The molecule has 0 aliphatic carbocycles. The van der Waals surface area contributed by atoms with Gasteiger partial charge in [-0.05, 0) is 59.0 Å². The van der Waals surface area contributed by atoms with Crippen molar-refractivity contribution in [3.05, 3.63) is 81.7 Å². The van der Waals surface area contributed by atoms with Crippen molar-refractivity contribution in [2.75, 3.05) is 0 Å². The number of fused-ring (bicyclic) bond motifs is 2. The lowest BCUT2D eigenvalue weighted by molar-refractivity contribution is 0.515. The maximum Gasteiger partial charge on any atom is 0.184 e. The Hall–Kier alpha value is -2.29. The van der Waals surface area contributed by atoms with E-state index in [0.717, 1.165) is 15.7 Å². The molecular weight excluding hydrogens is 447 g/mol. The summed E-state index contributed by atoms with van der Waals surface area (Å²) in [7, 11) is 0. The van der Waals surface area contributed by atoms with E-state index in [1.54, 1.807) is 18.2 Å². The second kappa shape index (κ2) is 7.30. The Morgan fingerprint density at radius 1 is 0.720 bits per heavy atom. The number of nitrogens with zero attached hydrogens (tertiary/aromatic N) is 2. The van der Waals surface area contributed by atoms with Gasteiger partial charge in [-0.15, -0.1) is 0 Å². The van der Waals surface area contributed by atoms with Crippen molar-refractivity contribution in [3.63, 3.8) is 0 Å². The average molecular weight is 456 g/mol. The summed E-state index contributed by atoms with van der Waals surface area (Å²) in [5, 5.41) is 1.22. The fraction of sp³-hybridized carbons (Fsp3) is 0. The molecule has 2 heterocycles. The van der Waals surface area contributed by atoms with Crippen LogP contribution >= 0.6 is 22.6 Å². The highest BCUT2D eigenvalue weighted by molar-refractivity contribution is 14.1. The summed E-state index contributed by atoms with van der Waals surface area (Å²) in [6.45, 7) is 0. The first-order valence-corrected chi connectivity index (χ1v) is 8.13. The molecule has 4 aromatic rings. The molecule has 0 aliphatic rings. The van der Waals surface area contributed by atoms with Gasteiger partial charge in [0, 0.05) is 26.7 Å². The van der Waals surface area contributed by atoms with E-state index in [0.29, 0.717) is 10.8 Å². The van der Waals surface area contributed by atoms with E-state index in [9.17, 15) is 17.6 Å². The second-order valence-electron chi connectivity index (χ2n) is 5.02. The van der Waals surface area contributed by atoms with Gasteiger partial charge in [-0.25, -0.2) is 17.6 Å². The van der Waals surface area contributed by atoms with Crippen LogP contribution in [-0.4, -0.2) is 9.97 Å². The molecule has 2 nitrogen and oxygen atoms in total. The maximum absolute atomic E-state index is 13.1. The third-order valence-corrected chi connectivity index (χ3v) is 3.97. The number of pyridine rings is 2. The van der Waals surface area contributed by atoms with Gasteiger partial charge in [0.15, 0.2) is 23.3 Å². The molecule has 126 valence electrons. The fourth-order valence-corrected chi connectivity index (χ4v) is 2.67. The van der Waals surface area contributed by atoms with Gasteiger partial charge in [0.05, 0.1) is 0 Å². The monoisotopic (exact) mass is 456 g/mol. The average Bonchev–Trinajstić information content (AvgIpc) is 2.62. The van der Waals surface area contributed by atoms with Crippen LogP contribution in [0.2, 0.25) is 0 Å². The Kier molecular flexibility index (Phi) is 5.12. The van der Waals surface area contributed by atoms with Crippen LogP contribution in [0.15, 0.2) is 54.9 Å². The molecule has 0 fully saturated rings. The summed E-state index contributed by atoms with van der Waals surface area (Å²) in [5.41, 5.74) is 0.165. The predicted octanol–water partition coefficient (Wildman–Crippen LogP) is 5.63. The van der Waals surface area contributed by atoms with Crippen molar-refractivity contribution in [3.8, 4) is 0 Å². The lowest BCUT2D eigenvalue weighted by Crippen LogP contribution is -1.89. The molecule has 0 bridgehead atoms. The van der Waals surface area contributed by atoms with E-state index in [2.05, 4.69) is 32.6 Å². The van der Waals surface area contributed by atoms with E-state index in [4.69, 9.17) is 0 Å². The van der Waals surface area contributed by atoms with Crippen molar-refractivity contribution in [2.24, 2.45) is 0 Å². The van der Waals surface area contributed by atoms with E-state index in [-0.39, 0.29) is 11.0 Å². The maximum atomic E-state index is 13.1. The Bertz CT molecular complexity index is 1070. The minimum atomic E-state index is -0.881. The van der Waals surface area contributed by atoms with Crippen LogP contribution in [0.3, 0.4) is 0 Å². The van der Waals surface area contributed by atoms with Gasteiger partial charge >= 0.3 is 0 Å². The fourth-order valence-electron chi connectivity index (χ4n) is 2.20. The molecule has 2 aromatic carbocycles. The minimum Gasteiger partial charge on any atom is -0.253 e. The van der Waals surface area contributed by atoms with Gasteiger partial charge in [0.25, 0.3) is 0 Å². The van der Waals surface area contributed by atoms with Gasteiger partial charge in [-0.1, -0.05) is 6.07 Å². The number of aromatic nitrogens is 2. The molecule has 0 atom stereocenters. The molecule has 0 unspecified atom stereocenters. The molecule has 0 spiro atoms. The minimum absolute atomic E-state index is 0.0810. The van der Waals surface area contributed by atoms with Crippen LogP contribution in [0.5, 0.6) is 0 Å². The Morgan fingerprint density at radius 3 is 2.00 bits per heavy atom. The standard InChI is InChI=1S/C9H4F2IN.C9H5F2N/c10-7-2-1-5-3-6(12)4-13-9(5)8(7)11;10-7-4-3-6-2-1-5-12-9(6)8(7)11/h1-4H;1-5H. The quantitative estimate of drug-likeness (QED) is 0.253. The van der Waals surface area contributed by atoms with Gasteiger partial charge in [0.2, 0.25) is 0 Å². The normalized spacial score (nSPS) is 10.6. The first-order valence-electron chi connectivity index (χ1n) is 7.05. The van der Waals surface area contributed by atoms with E-state index in [1.807, 2.05) is 0 Å². The second-order valence-corrected chi connectivity index (χ2v) is 6.27. The summed E-state index contributed by atoms with van der Waals surface area (Å²) in [6, 6.07) is 10.3. The largest absolute Gasteiger partial charge is 0.253 e. The van der Waals surface area contributed by atoms with Crippen molar-refractivity contribution >= 4 is 44.4 Å². The van der Waals surface area contributed by atoms with Crippen LogP contribution < -0.4 is 0 Å². The molecule has 0 saturated carbocycles. The molecule has 0 N–H and O–H groups in total. The lowest BCUT2D eigenvalue weighted by atomic mass is 10.2. The first-order chi connectivity index (χ1) is 12.0. The molecule has 7 heteroatoms. The molecule has 25 heavy (non-hydrogen) atoms. The number of hydrogen-bond donors (Lipinski definition) is 0. The van der Waals surface area contributed by atoms with Crippen LogP contribution in [-0.2, 0) is 0 Å². The zero-order valence-electron chi connectivity index (χ0n) is 12.5. The van der Waals surface area contributed by atoms with Gasteiger partial charge in [-0.2, -0.15) is 0 Å². The topological polar surface area (TPSA) is 25.8 Å². The van der Waals surface area contributed by atoms with Gasteiger partial charge < -0.3 is 0 Å². The molecule has 4 rings (SSSR count). The highest BCUT2D eigenvalue weighted by atomic mass is 127. The first kappa shape index (κ1) is 17.5. The smallest absolute Gasteiger partial charge is 0.184 e. The van der Waals surface area contributed by atoms with Crippen molar-refractivity contribution in [2.45, 2.75) is 0 Å². The lowest BCUT2D eigenvalue weighted by Gasteiger charge is -1.99. The number of benzene rings is 2. The zero-order chi connectivity index (χ0) is 18.0. The Morgan fingerprint density at radius 2 is 1.32 bits per heavy atom. The predicted molar refractivity (Wildman–Crippen MR) is 96.0 cm³/mol. The summed E-state index contributed by atoms with van der Waals surface area (Å²) in [4.78, 5) is 7.55. The van der Waals surface area contributed by atoms with E-state index < -0.39 is 23.3 Å². The highest BCUT2D eigenvalue weighted by Crippen LogP contribution is 2.19. The summed E-state index contributed by atoms with van der Waals surface area (Å²) in [5.74, 6) is -3.48. The third kappa shape index (κ3) is 3.71. The zero-order valence-corrected chi connectivity index (χ0v) is 14.6. The summed E-state index contributed by atoms with van der Waals surface area (Å²) < 4.78 is 52.3. The van der Waals surface area contributed by atoms with E-state index >= 15 is 0 Å². The van der Waals surface area contributed by atoms with Crippen LogP contribution in [0.4, 0.5) is 17.6 Å². The molecule has 0 amide bonds. The van der Waals surface area contributed by atoms with Crippen molar-refractivity contribution in [1.82, 2.24) is 9.97 Å². The molecule has 0 saturated heterocycles. The highest BCUT2D eigenvalue weighted by Gasteiger charge is 2.08. The van der Waals surface area contributed by atoms with Crippen LogP contribution in [0.1, 0.15) is 0 Å². The van der Waals surface area contributed by atoms with E-state index in [1.165, 1.54) is 24.5 Å². The Labute approximate surface area is 153 Å². The van der Waals surface area contributed by atoms with Gasteiger partial charge in [0.1, 0.15) is 11.0 Å². The van der Waals surface area contributed by atoms with Crippen molar-refractivity contribution < 1.29 is 17.6 Å². The van der Waals surface area contributed by atoms with Crippen LogP contribution in [0, 0.1) is 26.8 Å². The van der Waals surface area contributed by atoms with Crippen LogP contribution in [0.25, 0.3) is 21.8 Å².